The van der Waals surface area contributed by atoms with E-state index in [1.165, 1.54) is 27.8 Å². The van der Waals surface area contributed by atoms with Crippen LogP contribution in [0.4, 0.5) is 5.69 Å². The Hall–Kier alpha value is -2.90. The zero-order valence-electron chi connectivity index (χ0n) is 18.3. The zero-order valence-corrected chi connectivity index (χ0v) is 19.9. The van der Waals surface area contributed by atoms with Gasteiger partial charge < -0.3 is 4.90 Å². The lowest BCUT2D eigenvalue weighted by molar-refractivity contribution is -0.116. The van der Waals surface area contributed by atoms with Crippen molar-refractivity contribution in [2.45, 2.75) is 43.8 Å². The number of carbonyl (C=O) groups is 1. The van der Waals surface area contributed by atoms with Crippen LogP contribution in [0.25, 0.3) is 15.9 Å². The van der Waals surface area contributed by atoms with Crippen LogP contribution < -0.4 is 10.5 Å². The number of thiophene rings is 1. The van der Waals surface area contributed by atoms with Crippen molar-refractivity contribution in [3.63, 3.8) is 0 Å². The maximum absolute atomic E-state index is 13.7. The van der Waals surface area contributed by atoms with E-state index in [-0.39, 0.29) is 23.3 Å². The Balaban J connectivity index is 1.39. The smallest absolute Gasteiger partial charge is 0.267 e. The molecule has 0 spiro atoms. The fourth-order valence-corrected chi connectivity index (χ4v) is 7.24. The third-order valence-corrected chi connectivity index (χ3v) is 8.63. The Bertz CT molecular complexity index is 1440. The Morgan fingerprint density at radius 2 is 1.91 bits per heavy atom. The van der Waals surface area contributed by atoms with Gasteiger partial charge in [-0.15, -0.1) is 11.3 Å². The van der Waals surface area contributed by atoms with E-state index in [1.807, 2.05) is 53.4 Å². The fraction of sp³-hybridized carbons (Fsp3) is 0.269. The summed E-state index contributed by atoms with van der Waals surface area (Å²) in [4.78, 5) is 35.9. The van der Waals surface area contributed by atoms with Crippen molar-refractivity contribution in [3.8, 4) is 5.69 Å². The first-order valence-electron chi connectivity index (χ1n) is 11.3. The highest BCUT2D eigenvalue weighted by molar-refractivity contribution is 7.99. The zero-order chi connectivity index (χ0) is 22.5. The van der Waals surface area contributed by atoms with Crippen molar-refractivity contribution in [1.82, 2.24) is 9.55 Å². The number of aromatic nitrogens is 2. The number of fused-ring (bicyclic) bond motifs is 4. The molecule has 5 nitrogen and oxygen atoms in total. The van der Waals surface area contributed by atoms with Crippen LogP contribution in [0.15, 0.2) is 64.5 Å². The highest BCUT2D eigenvalue weighted by Gasteiger charge is 2.31. The Morgan fingerprint density at radius 1 is 1.12 bits per heavy atom. The summed E-state index contributed by atoms with van der Waals surface area (Å²) in [5.74, 6) is 0.272. The first-order chi connectivity index (χ1) is 16.1. The van der Waals surface area contributed by atoms with Crippen LogP contribution in [-0.2, 0) is 24.1 Å². The molecule has 4 aromatic rings. The van der Waals surface area contributed by atoms with E-state index < -0.39 is 0 Å². The minimum absolute atomic E-state index is 0.0274. The topological polar surface area (TPSA) is 55.2 Å². The molecule has 1 aliphatic heterocycles. The highest BCUT2D eigenvalue weighted by atomic mass is 32.2. The average Bonchev–Trinajstić information content (AvgIpc) is 3.50. The van der Waals surface area contributed by atoms with E-state index in [1.54, 1.807) is 15.9 Å². The van der Waals surface area contributed by atoms with E-state index in [0.717, 1.165) is 47.3 Å². The van der Waals surface area contributed by atoms with Gasteiger partial charge in [0.15, 0.2) is 5.16 Å². The van der Waals surface area contributed by atoms with Crippen molar-refractivity contribution in [3.05, 3.63) is 81.0 Å². The maximum atomic E-state index is 13.7. The lowest BCUT2D eigenvalue weighted by Crippen LogP contribution is -2.37. The van der Waals surface area contributed by atoms with E-state index >= 15 is 0 Å². The van der Waals surface area contributed by atoms with Gasteiger partial charge in [-0.1, -0.05) is 48.2 Å². The summed E-state index contributed by atoms with van der Waals surface area (Å²) >= 11 is 2.99. The minimum Gasteiger partial charge on any atom is -0.308 e. The molecule has 0 radical (unpaired) electrons. The van der Waals surface area contributed by atoms with Gasteiger partial charge in [0.25, 0.3) is 5.56 Å². The number of para-hydroxylation sites is 2. The van der Waals surface area contributed by atoms with Gasteiger partial charge in [0.2, 0.25) is 5.91 Å². The molecule has 7 heteroatoms. The molecule has 0 N–H and O–H groups in total. The van der Waals surface area contributed by atoms with Gasteiger partial charge in [0.05, 0.1) is 16.8 Å². The molecule has 0 bridgehead atoms. The van der Waals surface area contributed by atoms with E-state index in [0.29, 0.717) is 5.16 Å². The van der Waals surface area contributed by atoms with E-state index in [4.69, 9.17) is 4.98 Å². The lowest BCUT2D eigenvalue weighted by atomic mass is 10.1. The van der Waals surface area contributed by atoms with Gasteiger partial charge in [-0.25, -0.2) is 4.98 Å². The second-order valence-electron chi connectivity index (χ2n) is 8.64. The third kappa shape index (κ3) is 3.42. The molecule has 0 saturated carbocycles. The number of amides is 1. The summed E-state index contributed by atoms with van der Waals surface area (Å²) in [5.41, 5.74) is 4.13. The summed E-state index contributed by atoms with van der Waals surface area (Å²) < 4.78 is 1.69. The number of aryl methyl sites for hydroxylation is 2. The normalized spacial score (nSPS) is 16.9. The van der Waals surface area contributed by atoms with Crippen LogP contribution in [0, 0.1) is 0 Å². The monoisotopic (exact) mass is 473 g/mol. The fourth-order valence-electron chi connectivity index (χ4n) is 5.07. The van der Waals surface area contributed by atoms with Crippen LogP contribution in [0.2, 0.25) is 0 Å². The first kappa shape index (κ1) is 20.7. The van der Waals surface area contributed by atoms with Crippen molar-refractivity contribution < 1.29 is 4.79 Å². The van der Waals surface area contributed by atoms with Crippen LogP contribution in [0.3, 0.4) is 0 Å². The van der Waals surface area contributed by atoms with Crippen LogP contribution in [-0.4, -0.2) is 27.3 Å². The summed E-state index contributed by atoms with van der Waals surface area (Å²) in [6, 6.07) is 17.8. The van der Waals surface area contributed by atoms with Gasteiger partial charge in [0, 0.05) is 16.6 Å². The average molecular weight is 474 g/mol. The maximum Gasteiger partial charge on any atom is 0.267 e. The third-order valence-electron chi connectivity index (χ3n) is 6.52. The standard InChI is InChI=1S/C26H23N3O2S2/c1-16-14-17-8-5-6-12-20(17)28(16)22(30)15-32-26-27-24-23(19-11-7-13-21(19)33-24)25(31)29(26)18-9-3-2-4-10-18/h2-6,8-10,12,16H,7,11,13-15H2,1H3/t16-/m0/s1. The number of benzene rings is 2. The Kier molecular flexibility index (Phi) is 5.11. The molecule has 166 valence electrons. The van der Waals surface area contributed by atoms with Crippen molar-refractivity contribution >= 4 is 44.9 Å². The predicted molar refractivity (Wildman–Crippen MR) is 135 cm³/mol. The molecule has 2 aliphatic rings. The van der Waals surface area contributed by atoms with E-state index in [9.17, 15) is 9.59 Å². The van der Waals surface area contributed by atoms with Gasteiger partial charge in [-0.2, -0.15) is 0 Å². The molecule has 3 heterocycles. The van der Waals surface area contributed by atoms with Crippen molar-refractivity contribution in [1.29, 1.82) is 0 Å². The van der Waals surface area contributed by atoms with Crippen LogP contribution >= 0.6 is 23.1 Å². The molecule has 0 saturated heterocycles. The number of hydrogen-bond donors (Lipinski definition) is 0. The second kappa shape index (κ2) is 8.15. The van der Waals surface area contributed by atoms with Gasteiger partial charge in [0.1, 0.15) is 4.83 Å². The van der Waals surface area contributed by atoms with Crippen molar-refractivity contribution in [2.75, 3.05) is 10.7 Å². The van der Waals surface area contributed by atoms with Gasteiger partial charge >= 0.3 is 0 Å². The second-order valence-corrected chi connectivity index (χ2v) is 10.7. The van der Waals surface area contributed by atoms with Crippen molar-refractivity contribution in [2.24, 2.45) is 0 Å². The summed E-state index contributed by atoms with van der Waals surface area (Å²) in [5, 5.41) is 1.33. The van der Waals surface area contributed by atoms with Crippen LogP contribution in [0.5, 0.6) is 0 Å². The number of thioether (sulfide) groups is 1. The summed E-state index contributed by atoms with van der Waals surface area (Å²) in [7, 11) is 0. The van der Waals surface area contributed by atoms with E-state index in [2.05, 4.69) is 13.0 Å². The van der Waals surface area contributed by atoms with Gasteiger partial charge in [-0.05, 0) is 61.9 Å². The Morgan fingerprint density at radius 3 is 2.76 bits per heavy atom. The molecule has 0 fully saturated rings. The molecule has 1 amide bonds. The molecule has 2 aromatic heterocycles. The lowest BCUT2D eigenvalue weighted by Gasteiger charge is -2.22. The molecule has 1 atom stereocenters. The number of nitrogens with zero attached hydrogens (tertiary/aromatic N) is 3. The quantitative estimate of drug-likeness (QED) is 0.309. The molecular formula is C26H23N3O2S2. The van der Waals surface area contributed by atoms with Gasteiger partial charge in [-0.3, -0.25) is 14.2 Å². The molecular weight excluding hydrogens is 450 g/mol. The van der Waals surface area contributed by atoms with Crippen LogP contribution in [0.1, 0.15) is 29.3 Å². The highest BCUT2D eigenvalue weighted by Crippen LogP contribution is 2.37. The number of carbonyl (C=O) groups excluding carboxylic acids is 1. The minimum atomic E-state index is -0.0274. The molecule has 2 aromatic carbocycles. The summed E-state index contributed by atoms with van der Waals surface area (Å²) in [6.07, 6.45) is 3.93. The molecule has 0 unspecified atom stereocenters. The summed E-state index contributed by atoms with van der Waals surface area (Å²) in [6.45, 7) is 2.08. The largest absolute Gasteiger partial charge is 0.308 e. The Labute approximate surface area is 200 Å². The first-order valence-corrected chi connectivity index (χ1v) is 13.1. The number of anilines is 1. The number of rotatable bonds is 4. The SMILES string of the molecule is C[C@H]1Cc2ccccc2N1C(=O)CSc1nc2sc3c(c2c(=O)n1-c1ccccc1)CCC3. The molecule has 33 heavy (non-hydrogen) atoms. The molecule has 6 rings (SSSR count). The number of hydrogen-bond acceptors (Lipinski definition) is 5. The molecule has 1 aliphatic carbocycles. The predicted octanol–water partition coefficient (Wildman–Crippen LogP) is 5.01.